The molecule has 18 N–H and O–H groups in total. The van der Waals surface area contributed by atoms with Crippen LogP contribution in [0.15, 0.2) is 35.3 Å². The topological polar surface area (TPSA) is 398 Å². The van der Waals surface area contributed by atoms with Crippen LogP contribution in [0.4, 0.5) is 0 Å². The van der Waals surface area contributed by atoms with Crippen LogP contribution in [0.2, 0.25) is 0 Å². The Morgan fingerprint density at radius 3 is 2.00 bits per heavy atom. The van der Waals surface area contributed by atoms with Crippen LogP contribution in [0, 0.1) is 0 Å². The maximum atomic E-state index is 13.9. The molecule has 1 unspecified atom stereocenters. The summed E-state index contributed by atoms with van der Waals surface area (Å²) in [5.41, 5.74) is 39.1. The first kappa shape index (κ1) is 55.1. The van der Waals surface area contributed by atoms with Crippen LogP contribution in [-0.4, -0.2) is 132 Å². The predicted octanol–water partition coefficient (Wildman–Crippen LogP) is -3.77. The molecule has 1 aromatic carbocycles. The fourth-order valence-corrected chi connectivity index (χ4v) is 7.09. The number of carbonyl (C=O) groups is 9. The molecule has 1 saturated heterocycles. The molecule has 0 aromatic heterocycles. The van der Waals surface area contributed by atoms with Crippen LogP contribution < -0.4 is 66.5 Å². The number of guanidine groups is 1. The number of hydrogen-bond donors (Lipinski definition) is 12. The highest BCUT2D eigenvalue weighted by Gasteiger charge is 2.40. The molecule has 0 saturated carbocycles. The summed E-state index contributed by atoms with van der Waals surface area (Å²) in [6.45, 7) is 4.51. The van der Waals surface area contributed by atoms with Crippen LogP contribution in [0.1, 0.15) is 96.5 Å². The minimum absolute atomic E-state index is 0.0199. The Morgan fingerprint density at radius 2 is 1.38 bits per heavy atom. The summed E-state index contributed by atoms with van der Waals surface area (Å²) in [7, 11) is 0. The molecule has 0 spiro atoms. The molecule has 65 heavy (non-hydrogen) atoms. The lowest BCUT2D eigenvalue weighted by Gasteiger charge is -2.29. The number of primary amides is 3. The van der Waals surface area contributed by atoms with E-state index in [-0.39, 0.29) is 57.6 Å². The summed E-state index contributed by atoms with van der Waals surface area (Å²) in [6.07, 6.45) is 3.09. The number of amides is 7. The van der Waals surface area contributed by atoms with E-state index in [1.54, 1.807) is 30.3 Å². The molecule has 23 nitrogen and oxygen atoms in total. The van der Waals surface area contributed by atoms with Gasteiger partial charge in [0, 0.05) is 19.5 Å². The van der Waals surface area contributed by atoms with Crippen molar-refractivity contribution in [3.05, 3.63) is 35.9 Å². The van der Waals surface area contributed by atoms with Crippen molar-refractivity contribution in [2.75, 3.05) is 26.2 Å². The van der Waals surface area contributed by atoms with Gasteiger partial charge in [0.2, 0.25) is 52.9 Å². The largest absolute Gasteiger partial charge is 0.370 e. The highest BCUT2D eigenvalue weighted by Crippen LogP contribution is 2.20. The Hall–Kier alpha value is -6.04. The Balaban J connectivity index is 2.23. The minimum Gasteiger partial charge on any atom is -0.370 e. The van der Waals surface area contributed by atoms with E-state index < -0.39 is 102 Å². The summed E-state index contributed by atoms with van der Waals surface area (Å²) < 4.78 is 0. The van der Waals surface area contributed by atoms with Crippen molar-refractivity contribution in [1.29, 1.82) is 0 Å². The van der Waals surface area contributed by atoms with Crippen molar-refractivity contribution in [3.8, 4) is 0 Å². The molecule has 0 aliphatic carbocycles. The van der Waals surface area contributed by atoms with Gasteiger partial charge >= 0.3 is 0 Å². The third kappa shape index (κ3) is 20.1. The van der Waals surface area contributed by atoms with Gasteiger partial charge in [0.15, 0.2) is 5.96 Å². The van der Waals surface area contributed by atoms with Crippen LogP contribution in [-0.2, 0) is 49.6 Å². The van der Waals surface area contributed by atoms with Gasteiger partial charge in [-0.25, -0.2) is 10.9 Å². The lowest BCUT2D eigenvalue weighted by molar-refractivity contribution is -0.143. The van der Waals surface area contributed by atoms with Gasteiger partial charge in [-0.1, -0.05) is 50.1 Å². The van der Waals surface area contributed by atoms with Gasteiger partial charge in [-0.3, -0.25) is 48.1 Å². The Morgan fingerprint density at radius 1 is 0.738 bits per heavy atom. The number of nitrogens with zero attached hydrogens (tertiary/aromatic N) is 2. The van der Waals surface area contributed by atoms with E-state index >= 15 is 0 Å². The number of unbranched alkanes of at least 4 members (excludes halogenated alkanes) is 2. The summed E-state index contributed by atoms with van der Waals surface area (Å²) in [5, 5.41) is 10.8. The normalized spacial score (nSPS) is 16.2. The third-order valence-corrected chi connectivity index (χ3v) is 10.7. The number of Topliss-reactive ketones (excluding diaryl/α,β-unsaturated/α-hetero) is 2. The van der Waals surface area contributed by atoms with Crippen molar-refractivity contribution in [3.63, 3.8) is 0 Å². The van der Waals surface area contributed by atoms with E-state index in [0.717, 1.165) is 18.4 Å². The second kappa shape index (κ2) is 29.4. The molecule has 1 aliphatic heterocycles. The molecular formula is C42H70N14O9. The summed E-state index contributed by atoms with van der Waals surface area (Å²) in [5.74, 6) is -7.39. The number of rotatable bonds is 33. The van der Waals surface area contributed by atoms with Gasteiger partial charge in [-0.05, 0) is 83.4 Å². The van der Waals surface area contributed by atoms with Crippen LogP contribution in [0.3, 0.4) is 0 Å². The average molecular weight is 915 g/mol. The van der Waals surface area contributed by atoms with Crippen molar-refractivity contribution in [2.45, 2.75) is 140 Å². The first-order valence-corrected chi connectivity index (χ1v) is 22.1. The number of likely N-dealkylation sites (tertiary alicyclic amines) is 1. The molecule has 0 bridgehead atoms. The lowest BCUT2D eigenvalue weighted by atomic mass is 9.95. The molecule has 2 rings (SSSR count). The molecule has 23 heteroatoms. The zero-order valence-corrected chi connectivity index (χ0v) is 37.5. The zero-order chi connectivity index (χ0) is 48.5. The van der Waals surface area contributed by atoms with Gasteiger partial charge in [0.05, 0.1) is 18.5 Å². The van der Waals surface area contributed by atoms with E-state index in [2.05, 4.69) is 37.1 Å². The van der Waals surface area contributed by atoms with Crippen LogP contribution >= 0.6 is 0 Å². The smallest absolute Gasteiger partial charge is 0.245 e. The average Bonchev–Trinajstić information content (AvgIpc) is 3.76. The lowest BCUT2D eigenvalue weighted by Crippen LogP contribution is -2.60. The molecule has 1 heterocycles. The number of hydrazine groups is 1. The number of ketones is 2. The second-order valence-electron chi connectivity index (χ2n) is 16.0. The second-order valence-corrected chi connectivity index (χ2v) is 16.0. The maximum absolute atomic E-state index is 13.9. The number of nitrogens with one attached hydrogen (secondary N) is 6. The monoisotopic (exact) mass is 915 g/mol. The van der Waals surface area contributed by atoms with E-state index in [4.69, 9.17) is 34.4 Å². The Kier molecular flexibility index (Phi) is 24.9. The van der Waals surface area contributed by atoms with Gasteiger partial charge in [-0.2, -0.15) is 0 Å². The SMILES string of the molecule is CCCCN[C@@H](CCCCN)C(=O)C(=O)[C@H](CCCN=C(N)N)NC(=O)[C@@H]1CCCN1C(=O)C(C)NC(=O)[C@H](CC(N)=O)NC(=O)[C@H](CCC(N)=O)NN[C@@H](Cc1ccccc1)C(N)=O. The Labute approximate surface area is 379 Å². The van der Waals surface area contributed by atoms with Gasteiger partial charge in [-0.15, -0.1) is 0 Å². The molecule has 0 radical (unpaired) electrons. The highest BCUT2D eigenvalue weighted by molar-refractivity contribution is 6.41. The molecular weight excluding hydrogens is 845 g/mol. The van der Waals surface area contributed by atoms with Gasteiger partial charge in [0.25, 0.3) is 0 Å². The standard InChI is InChI=1S/C42H70N14O9/c1-3-4-20-49-27(14-8-9-19-43)35(59)36(60)28(15-10-21-50-42(47)48)52-40(64)32-16-11-22-56(32)41(65)25(2)51-39(63)31(24-34(45)58)53-38(62)29(17-18-33(44)57)54-55-30(37(46)61)23-26-12-6-5-7-13-26/h5-7,12-13,25,27-32,49,54-55H,3-4,8-11,14-24,43H2,1-2H3,(H2,44,57)(H2,45,58)(H2,46,61)(H,51,63)(H,52,64)(H,53,62)(H4,47,48,50)/t25?,27-,28-,29-,30-,31-,32-/m0/s1. The zero-order valence-electron chi connectivity index (χ0n) is 37.5. The first-order valence-electron chi connectivity index (χ1n) is 22.1. The van der Waals surface area contributed by atoms with Crippen LogP contribution in [0.5, 0.6) is 0 Å². The van der Waals surface area contributed by atoms with Gasteiger partial charge < -0.3 is 60.6 Å². The molecule has 1 aliphatic rings. The van der Waals surface area contributed by atoms with Crippen molar-refractivity contribution in [2.24, 2.45) is 39.4 Å². The molecule has 1 fully saturated rings. The van der Waals surface area contributed by atoms with E-state index in [1.807, 2.05) is 6.92 Å². The predicted molar refractivity (Wildman–Crippen MR) is 241 cm³/mol. The van der Waals surface area contributed by atoms with E-state index in [1.165, 1.54) is 11.8 Å². The van der Waals surface area contributed by atoms with Crippen molar-refractivity contribution < 1.29 is 43.2 Å². The van der Waals surface area contributed by atoms with Gasteiger partial charge in [0.1, 0.15) is 30.2 Å². The number of carbonyl (C=O) groups excluding carboxylic acids is 9. The highest BCUT2D eigenvalue weighted by atomic mass is 16.2. The fourth-order valence-electron chi connectivity index (χ4n) is 7.09. The van der Waals surface area contributed by atoms with E-state index in [9.17, 15) is 43.2 Å². The first-order chi connectivity index (χ1) is 30.9. The van der Waals surface area contributed by atoms with E-state index in [0.29, 0.717) is 38.8 Å². The Bertz CT molecular complexity index is 1790. The molecule has 7 amide bonds. The summed E-state index contributed by atoms with van der Waals surface area (Å²) in [6, 6.07) is 0.523. The number of nitrogens with two attached hydrogens (primary N) is 6. The number of benzene rings is 1. The van der Waals surface area contributed by atoms with Crippen molar-refractivity contribution >= 4 is 58.9 Å². The number of aliphatic imine (C=N–C) groups is 1. The van der Waals surface area contributed by atoms with Crippen LogP contribution in [0.25, 0.3) is 0 Å². The number of hydrogen-bond acceptors (Lipinski definition) is 14. The summed E-state index contributed by atoms with van der Waals surface area (Å²) in [4.78, 5) is 124. The quantitative estimate of drug-likeness (QED) is 0.0106. The fraction of sp³-hybridized carbons (Fsp3) is 0.619. The third-order valence-electron chi connectivity index (χ3n) is 10.7. The van der Waals surface area contributed by atoms with Crippen molar-refractivity contribution in [1.82, 2.24) is 37.0 Å². The maximum Gasteiger partial charge on any atom is 0.245 e. The summed E-state index contributed by atoms with van der Waals surface area (Å²) >= 11 is 0. The molecule has 1 aromatic rings. The minimum atomic E-state index is -1.61. The molecule has 362 valence electrons. The molecule has 7 atom stereocenters.